The number of hydrogen-bond donors (Lipinski definition) is 0. The Morgan fingerprint density at radius 1 is 1.21 bits per heavy atom. The topological polar surface area (TPSA) is 56.5 Å². The molecule has 0 spiro atoms. The van der Waals surface area contributed by atoms with E-state index in [2.05, 4.69) is 0 Å². The maximum absolute atomic E-state index is 11.9. The highest BCUT2D eigenvalue weighted by Gasteiger charge is 2.08. The molecule has 0 aliphatic rings. The SMILES string of the molecule is COc1ccc(CS(=O)(=O)/C=C/c2ccoc2)cc1. The average molecular weight is 278 g/mol. The summed E-state index contributed by atoms with van der Waals surface area (Å²) in [5.74, 6) is 0.667. The van der Waals surface area contributed by atoms with Gasteiger partial charge >= 0.3 is 0 Å². The molecule has 2 rings (SSSR count). The van der Waals surface area contributed by atoms with Gasteiger partial charge in [0, 0.05) is 11.0 Å². The number of furan rings is 1. The molecule has 100 valence electrons. The first-order chi connectivity index (χ1) is 9.09. The van der Waals surface area contributed by atoms with Crippen molar-refractivity contribution in [3.63, 3.8) is 0 Å². The van der Waals surface area contributed by atoms with E-state index in [0.29, 0.717) is 5.75 Å². The minimum absolute atomic E-state index is 0.0364. The quantitative estimate of drug-likeness (QED) is 0.844. The second kappa shape index (κ2) is 5.75. The van der Waals surface area contributed by atoms with Gasteiger partial charge in [-0.3, -0.25) is 0 Å². The summed E-state index contributed by atoms with van der Waals surface area (Å²) in [5.41, 5.74) is 1.44. The Bertz CT molecular complexity index is 637. The smallest absolute Gasteiger partial charge is 0.175 e. The van der Waals surface area contributed by atoms with E-state index in [1.807, 2.05) is 0 Å². The Labute approximate surface area is 112 Å². The van der Waals surface area contributed by atoms with Gasteiger partial charge < -0.3 is 9.15 Å². The van der Waals surface area contributed by atoms with Crippen molar-refractivity contribution >= 4 is 15.9 Å². The van der Waals surface area contributed by atoms with Crippen LogP contribution >= 0.6 is 0 Å². The fourth-order valence-electron chi connectivity index (χ4n) is 1.55. The zero-order valence-electron chi connectivity index (χ0n) is 10.4. The summed E-state index contributed by atoms with van der Waals surface area (Å²) >= 11 is 0. The maximum Gasteiger partial charge on any atom is 0.175 e. The van der Waals surface area contributed by atoms with Crippen molar-refractivity contribution in [3.8, 4) is 5.75 Å². The highest BCUT2D eigenvalue weighted by atomic mass is 32.2. The molecule has 0 unspecified atom stereocenters. The molecule has 1 heterocycles. The summed E-state index contributed by atoms with van der Waals surface area (Å²) in [6, 6.07) is 8.65. The standard InChI is InChI=1S/C14H14O4S/c1-17-14-4-2-13(3-5-14)11-19(15,16)9-7-12-6-8-18-10-12/h2-10H,11H2,1H3/b9-7+. The fraction of sp³-hybridized carbons (Fsp3) is 0.143. The lowest BCUT2D eigenvalue weighted by atomic mass is 10.2. The molecule has 0 aliphatic heterocycles. The van der Waals surface area contributed by atoms with Crippen molar-refractivity contribution in [2.45, 2.75) is 5.75 Å². The molecule has 1 aromatic carbocycles. The fourth-order valence-corrected chi connectivity index (χ4v) is 2.67. The highest BCUT2D eigenvalue weighted by Crippen LogP contribution is 2.15. The van der Waals surface area contributed by atoms with Crippen LogP contribution in [0.25, 0.3) is 6.08 Å². The van der Waals surface area contributed by atoms with Crippen LogP contribution in [0.4, 0.5) is 0 Å². The lowest BCUT2D eigenvalue weighted by molar-refractivity contribution is 0.414. The van der Waals surface area contributed by atoms with Gasteiger partial charge in [-0.05, 0) is 29.8 Å². The second-order valence-electron chi connectivity index (χ2n) is 4.01. The number of ether oxygens (including phenoxy) is 1. The Kier molecular flexibility index (Phi) is 4.06. The van der Waals surface area contributed by atoms with E-state index in [-0.39, 0.29) is 5.75 Å². The van der Waals surface area contributed by atoms with E-state index in [4.69, 9.17) is 9.15 Å². The third-order valence-electron chi connectivity index (χ3n) is 2.54. The summed E-state index contributed by atoms with van der Waals surface area (Å²) in [6.45, 7) is 0. The molecule has 19 heavy (non-hydrogen) atoms. The van der Waals surface area contributed by atoms with E-state index in [9.17, 15) is 8.42 Å². The molecule has 0 N–H and O–H groups in total. The first kappa shape index (κ1) is 13.4. The molecule has 0 radical (unpaired) electrons. The van der Waals surface area contributed by atoms with E-state index in [0.717, 1.165) is 11.1 Å². The summed E-state index contributed by atoms with van der Waals surface area (Å²) in [5, 5.41) is 1.20. The van der Waals surface area contributed by atoms with Gasteiger partial charge in [-0.2, -0.15) is 0 Å². The molecular weight excluding hydrogens is 264 g/mol. The van der Waals surface area contributed by atoms with Crippen LogP contribution in [0.1, 0.15) is 11.1 Å². The molecule has 0 amide bonds. The summed E-state index contributed by atoms with van der Waals surface area (Å²) < 4.78 is 33.7. The molecule has 1 aromatic heterocycles. The van der Waals surface area contributed by atoms with Crippen LogP contribution in [0.15, 0.2) is 52.7 Å². The van der Waals surface area contributed by atoms with Crippen LogP contribution < -0.4 is 4.74 Å². The summed E-state index contributed by atoms with van der Waals surface area (Å²) in [6.07, 6.45) is 4.50. The molecule has 0 atom stereocenters. The Morgan fingerprint density at radius 3 is 2.53 bits per heavy atom. The van der Waals surface area contributed by atoms with Crippen molar-refractivity contribution < 1.29 is 17.6 Å². The molecule has 5 heteroatoms. The van der Waals surface area contributed by atoms with E-state index < -0.39 is 9.84 Å². The molecular formula is C14H14O4S. The van der Waals surface area contributed by atoms with Gasteiger partial charge in [0.25, 0.3) is 0 Å². The van der Waals surface area contributed by atoms with Crippen LogP contribution in [-0.2, 0) is 15.6 Å². The third kappa shape index (κ3) is 3.99. The van der Waals surface area contributed by atoms with Gasteiger partial charge in [0.2, 0.25) is 0 Å². The molecule has 2 aromatic rings. The van der Waals surface area contributed by atoms with Crippen LogP contribution in [0.2, 0.25) is 0 Å². The van der Waals surface area contributed by atoms with Crippen LogP contribution in [0.5, 0.6) is 5.75 Å². The van der Waals surface area contributed by atoms with Crippen molar-refractivity contribution in [2.24, 2.45) is 0 Å². The van der Waals surface area contributed by atoms with Gasteiger partial charge in [0.05, 0.1) is 25.4 Å². The predicted molar refractivity (Wildman–Crippen MR) is 73.4 cm³/mol. The minimum Gasteiger partial charge on any atom is -0.497 e. The molecule has 0 saturated carbocycles. The van der Waals surface area contributed by atoms with Crippen LogP contribution in [-0.4, -0.2) is 15.5 Å². The Hall–Kier alpha value is -2.01. The molecule has 0 fully saturated rings. The molecule has 0 bridgehead atoms. The third-order valence-corrected chi connectivity index (χ3v) is 3.82. The van der Waals surface area contributed by atoms with Crippen molar-refractivity contribution in [1.29, 1.82) is 0 Å². The minimum atomic E-state index is -3.29. The van der Waals surface area contributed by atoms with Gasteiger partial charge in [0.15, 0.2) is 9.84 Å². The Balaban J connectivity index is 2.08. The normalized spacial score (nSPS) is 11.8. The first-order valence-corrected chi connectivity index (χ1v) is 7.36. The van der Waals surface area contributed by atoms with Crippen molar-refractivity contribution in [2.75, 3.05) is 7.11 Å². The largest absolute Gasteiger partial charge is 0.497 e. The monoisotopic (exact) mass is 278 g/mol. The summed E-state index contributed by atoms with van der Waals surface area (Å²) in [7, 11) is -1.72. The van der Waals surface area contributed by atoms with Crippen LogP contribution in [0.3, 0.4) is 0 Å². The van der Waals surface area contributed by atoms with E-state index >= 15 is 0 Å². The van der Waals surface area contributed by atoms with Crippen LogP contribution in [0, 0.1) is 0 Å². The maximum atomic E-state index is 11.9. The van der Waals surface area contributed by atoms with Gasteiger partial charge in [0.1, 0.15) is 5.75 Å². The van der Waals surface area contributed by atoms with Gasteiger partial charge in [-0.25, -0.2) is 8.42 Å². The average Bonchev–Trinajstić information content (AvgIpc) is 2.90. The van der Waals surface area contributed by atoms with Crippen molar-refractivity contribution in [3.05, 3.63) is 59.4 Å². The highest BCUT2D eigenvalue weighted by molar-refractivity contribution is 7.93. The number of benzene rings is 1. The van der Waals surface area contributed by atoms with E-state index in [1.165, 1.54) is 24.0 Å². The number of sulfone groups is 1. The second-order valence-corrected chi connectivity index (χ2v) is 5.90. The lowest BCUT2D eigenvalue weighted by Crippen LogP contribution is -1.99. The summed E-state index contributed by atoms with van der Waals surface area (Å²) in [4.78, 5) is 0. The first-order valence-electron chi connectivity index (χ1n) is 5.65. The number of rotatable bonds is 5. The Morgan fingerprint density at radius 2 is 1.95 bits per heavy atom. The molecule has 0 saturated heterocycles. The zero-order valence-corrected chi connectivity index (χ0v) is 11.3. The molecule has 4 nitrogen and oxygen atoms in total. The predicted octanol–water partition coefficient (Wildman–Crippen LogP) is 2.87. The molecule has 0 aliphatic carbocycles. The van der Waals surface area contributed by atoms with Crippen molar-refractivity contribution in [1.82, 2.24) is 0 Å². The number of hydrogen-bond acceptors (Lipinski definition) is 4. The van der Waals surface area contributed by atoms with Gasteiger partial charge in [-0.15, -0.1) is 0 Å². The number of methoxy groups -OCH3 is 1. The van der Waals surface area contributed by atoms with Gasteiger partial charge in [-0.1, -0.05) is 12.1 Å². The zero-order chi connectivity index (χ0) is 13.7. The van der Waals surface area contributed by atoms with E-state index in [1.54, 1.807) is 37.4 Å². The lowest BCUT2D eigenvalue weighted by Gasteiger charge is -2.02.